The standard InChI is InChI=1S/C18H25N5O2/c1-4-13-7-6-10-22(12-13)18(24)14-11-19-23(15(14)5-2)16-8-9-17(25-3)21-20-16/h8-9,11,13H,4-7,10,12H2,1-3H3/t13-/m0/s1. The lowest BCUT2D eigenvalue weighted by molar-refractivity contribution is 0.0670. The van der Waals surface area contributed by atoms with Crippen LogP contribution in [0.25, 0.3) is 5.82 Å². The molecular formula is C18H25N5O2. The van der Waals surface area contributed by atoms with E-state index in [-0.39, 0.29) is 5.91 Å². The van der Waals surface area contributed by atoms with Crippen LogP contribution in [0.1, 0.15) is 49.2 Å². The summed E-state index contributed by atoms with van der Waals surface area (Å²) in [6, 6.07) is 3.53. The van der Waals surface area contributed by atoms with Gasteiger partial charge < -0.3 is 9.64 Å². The van der Waals surface area contributed by atoms with E-state index < -0.39 is 0 Å². The van der Waals surface area contributed by atoms with Crippen molar-refractivity contribution in [2.45, 2.75) is 39.5 Å². The van der Waals surface area contributed by atoms with Crippen molar-refractivity contribution < 1.29 is 9.53 Å². The molecule has 1 aliphatic rings. The number of rotatable bonds is 5. The van der Waals surface area contributed by atoms with Crippen molar-refractivity contribution in [3.63, 3.8) is 0 Å². The molecule has 1 saturated heterocycles. The molecule has 3 heterocycles. The molecular weight excluding hydrogens is 318 g/mol. The monoisotopic (exact) mass is 343 g/mol. The van der Waals surface area contributed by atoms with Crippen LogP contribution in [0.3, 0.4) is 0 Å². The maximum atomic E-state index is 13.0. The first kappa shape index (κ1) is 17.4. The summed E-state index contributed by atoms with van der Waals surface area (Å²) in [5.74, 6) is 1.71. The average Bonchev–Trinajstić information content (AvgIpc) is 3.11. The Morgan fingerprint density at radius 2 is 2.16 bits per heavy atom. The topological polar surface area (TPSA) is 73.1 Å². The van der Waals surface area contributed by atoms with Crippen LogP contribution < -0.4 is 4.74 Å². The highest BCUT2D eigenvalue weighted by atomic mass is 16.5. The van der Waals surface area contributed by atoms with E-state index in [4.69, 9.17) is 4.74 Å². The first-order chi connectivity index (χ1) is 12.2. The van der Waals surface area contributed by atoms with Gasteiger partial charge in [0, 0.05) is 19.2 Å². The fourth-order valence-electron chi connectivity index (χ4n) is 3.38. The second-order valence-corrected chi connectivity index (χ2v) is 6.37. The van der Waals surface area contributed by atoms with E-state index in [1.807, 2.05) is 11.8 Å². The van der Waals surface area contributed by atoms with E-state index in [0.717, 1.165) is 31.6 Å². The highest BCUT2D eigenvalue weighted by molar-refractivity contribution is 5.95. The molecule has 0 saturated carbocycles. The molecule has 0 bridgehead atoms. The van der Waals surface area contributed by atoms with Gasteiger partial charge in [-0.1, -0.05) is 20.3 Å². The second-order valence-electron chi connectivity index (χ2n) is 6.37. The summed E-state index contributed by atoms with van der Waals surface area (Å²) in [4.78, 5) is 15.0. The zero-order chi connectivity index (χ0) is 17.8. The van der Waals surface area contributed by atoms with Crippen molar-refractivity contribution in [1.29, 1.82) is 0 Å². The van der Waals surface area contributed by atoms with Crippen molar-refractivity contribution in [2.24, 2.45) is 5.92 Å². The predicted octanol–water partition coefficient (Wildman–Crippen LogP) is 2.50. The predicted molar refractivity (Wildman–Crippen MR) is 94.0 cm³/mol. The van der Waals surface area contributed by atoms with Crippen molar-refractivity contribution in [2.75, 3.05) is 20.2 Å². The summed E-state index contributed by atoms with van der Waals surface area (Å²) in [6.45, 7) is 5.88. The lowest BCUT2D eigenvalue weighted by atomic mass is 9.95. The minimum atomic E-state index is 0.0720. The zero-order valence-electron chi connectivity index (χ0n) is 15.1. The molecule has 2 aromatic rings. The molecule has 1 atom stereocenters. The van der Waals surface area contributed by atoms with Crippen molar-refractivity contribution in [3.05, 3.63) is 29.6 Å². The molecule has 0 aliphatic carbocycles. The van der Waals surface area contributed by atoms with Crippen LogP contribution in [-0.4, -0.2) is 51.0 Å². The zero-order valence-corrected chi connectivity index (χ0v) is 15.1. The van der Waals surface area contributed by atoms with Crippen molar-refractivity contribution in [3.8, 4) is 11.7 Å². The fraction of sp³-hybridized carbons (Fsp3) is 0.556. The number of ether oxygens (including phenoxy) is 1. The maximum absolute atomic E-state index is 13.0. The van der Waals surface area contributed by atoms with Crippen LogP contribution in [0.15, 0.2) is 18.3 Å². The average molecular weight is 343 g/mol. The molecule has 7 nitrogen and oxygen atoms in total. The minimum Gasteiger partial charge on any atom is -0.480 e. The molecule has 25 heavy (non-hydrogen) atoms. The Morgan fingerprint density at radius 3 is 2.80 bits per heavy atom. The van der Waals surface area contributed by atoms with Gasteiger partial charge in [0.15, 0.2) is 5.82 Å². The van der Waals surface area contributed by atoms with Crippen LogP contribution in [-0.2, 0) is 6.42 Å². The van der Waals surface area contributed by atoms with E-state index in [1.54, 1.807) is 30.1 Å². The molecule has 1 fully saturated rings. The van der Waals surface area contributed by atoms with Crippen LogP contribution in [0.5, 0.6) is 5.88 Å². The number of nitrogens with zero attached hydrogens (tertiary/aromatic N) is 5. The molecule has 0 aromatic carbocycles. The molecule has 0 radical (unpaired) electrons. The van der Waals surface area contributed by atoms with E-state index in [0.29, 0.717) is 29.6 Å². The Hall–Kier alpha value is -2.44. The van der Waals surface area contributed by atoms with Gasteiger partial charge >= 0.3 is 0 Å². The summed E-state index contributed by atoms with van der Waals surface area (Å²) in [5, 5.41) is 12.5. The van der Waals surface area contributed by atoms with Crippen LogP contribution in [0.4, 0.5) is 0 Å². The van der Waals surface area contributed by atoms with Crippen molar-refractivity contribution in [1.82, 2.24) is 24.9 Å². The van der Waals surface area contributed by atoms with Crippen LogP contribution >= 0.6 is 0 Å². The van der Waals surface area contributed by atoms with E-state index in [1.165, 1.54) is 6.42 Å². The molecule has 134 valence electrons. The Bertz CT molecular complexity index is 726. The number of carbonyl (C=O) groups is 1. The fourth-order valence-corrected chi connectivity index (χ4v) is 3.38. The number of amides is 1. The number of methoxy groups -OCH3 is 1. The van der Waals surface area contributed by atoms with E-state index >= 15 is 0 Å². The summed E-state index contributed by atoms with van der Waals surface area (Å²) >= 11 is 0. The molecule has 1 aliphatic heterocycles. The van der Waals surface area contributed by atoms with Gasteiger partial charge in [-0.3, -0.25) is 4.79 Å². The summed E-state index contributed by atoms with van der Waals surface area (Å²) in [6.07, 6.45) is 5.75. The molecule has 3 rings (SSSR count). The summed E-state index contributed by atoms with van der Waals surface area (Å²) in [5.41, 5.74) is 1.53. The molecule has 2 aromatic heterocycles. The maximum Gasteiger partial charge on any atom is 0.257 e. The third kappa shape index (κ3) is 3.50. The van der Waals surface area contributed by atoms with Gasteiger partial charge in [0.25, 0.3) is 5.91 Å². The van der Waals surface area contributed by atoms with Gasteiger partial charge in [-0.15, -0.1) is 10.2 Å². The SMILES string of the molecule is CCc1c(C(=O)N2CCC[C@H](CC)C2)cnn1-c1ccc(OC)nn1. The largest absolute Gasteiger partial charge is 0.480 e. The second kappa shape index (κ2) is 7.63. The number of piperidine rings is 1. The Morgan fingerprint density at radius 1 is 1.32 bits per heavy atom. The number of hydrogen-bond donors (Lipinski definition) is 0. The summed E-state index contributed by atoms with van der Waals surface area (Å²) in [7, 11) is 1.55. The Kier molecular flexibility index (Phi) is 5.31. The number of likely N-dealkylation sites (tertiary alicyclic amines) is 1. The molecule has 0 N–H and O–H groups in total. The minimum absolute atomic E-state index is 0.0720. The van der Waals surface area contributed by atoms with Gasteiger partial charge in [-0.25, -0.2) is 4.68 Å². The molecule has 1 amide bonds. The third-order valence-corrected chi connectivity index (χ3v) is 4.87. The number of aromatic nitrogens is 4. The summed E-state index contributed by atoms with van der Waals surface area (Å²) < 4.78 is 6.74. The van der Waals surface area contributed by atoms with Crippen LogP contribution in [0, 0.1) is 5.92 Å². The smallest absolute Gasteiger partial charge is 0.257 e. The highest BCUT2D eigenvalue weighted by Crippen LogP contribution is 2.23. The van der Waals surface area contributed by atoms with E-state index in [2.05, 4.69) is 22.2 Å². The van der Waals surface area contributed by atoms with Gasteiger partial charge in [-0.05, 0) is 31.2 Å². The Labute approximate surface area is 148 Å². The third-order valence-electron chi connectivity index (χ3n) is 4.87. The first-order valence-electron chi connectivity index (χ1n) is 8.92. The van der Waals surface area contributed by atoms with Gasteiger partial charge in [0.2, 0.25) is 5.88 Å². The quantitative estimate of drug-likeness (QED) is 0.834. The Balaban J connectivity index is 1.87. The lowest BCUT2D eigenvalue weighted by Crippen LogP contribution is -2.40. The van der Waals surface area contributed by atoms with E-state index in [9.17, 15) is 4.79 Å². The number of carbonyl (C=O) groups excluding carboxylic acids is 1. The molecule has 0 spiro atoms. The highest BCUT2D eigenvalue weighted by Gasteiger charge is 2.27. The first-order valence-corrected chi connectivity index (χ1v) is 8.92. The van der Waals surface area contributed by atoms with Gasteiger partial charge in [-0.2, -0.15) is 5.10 Å². The molecule has 0 unspecified atom stereocenters. The lowest BCUT2D eigenvalue weighted by Gasteiger charge is -2.32. The van der Waals surface area contributed by atoms with Crippen LogP contribution in [0.2, 0.25) is 0 Å². The van der Waals surface area contributed by atoms with Gasteiger partial charge in [0.1, 0.15) is 0 Å². The van der Waals surface area contributed by atoms with Crippen molar-refractivity contribution >= 4 is 5.91 Å². The molecule has 7 heteroatoms. The number of hydrogen-bond acceptors (Lipinski definition) is 5. The van der Waals surface area contributed by atoms with Gasteiger partial charge in [0.05, 0.1) is 24.6 Å². The normalized spacial score (nSPS) is 17.6.